The summed E-state index contributed by atoms with van der Waals surface area (Å²) < 4.78 is 75.7. The normalized spacial score (nSPS) is 21.5. The molecule has 6 aromatic rings. The molecule has 3 saturated heterocycles. The molecule has 0 aliphatic carbocycles. The quantitative estimate of drug-likeness (QED) is 0.0999. The zero-order valence-corrected chi connectivity index (χ0v) is 54.4. The second-order valence-electron chi connectivity index (χ2n) is 26.2. The van der Waals surface area contributed by atoms with Gasteiger partial charge in [-0.05, 0) is 164 Å². The number of nitrogens with one attached hydrogen (secondary N) is 3. The van der Waals surface area contributed by atoms with Crippen LogP contribution in [0.15, 0.2) is 91.4 Å². The Morgan fingerprint density at radius 2 is 0.920 bits per heavy atom. The Morgan fingerprint density at radius 3 is 1.43 bits per heavy atom. The van der Waals surface area contributed by atoms with Crippen LogP contribution in [0.4, 0.5) is 17.1 Å². The summed E-state index contributed by atoms with van der Waals surface area (Å²) in [5.74, 6) is 1.01. The Balaban J connectivity index is 0.720. The smallest absolute Gasteiger partial charge is 0.153 e. The van der Waals surface area contributed by atoms with Crippen molar-refractivity contribution in [3.8, 4) is 0 Å². The van der Waals surface area contributed by atoms with Crippen LogP contribution in [0, 0.1) is 13.8 Å². The molecule has 0 radical (unpaired) electrons. The van der Waals surface area contributed by atoms with E-state index in [-0.39, 0.29) is 52.6 Å². The molecule has 0 unspecified atom stereocenters. The van der Waals surface area contributed by atoms with Gasteiger partial charge < -0.3 is 30.7 Å². The first-order chi connectivity index (χ1) is 42.2. The lowest BCUT2D eigenvalue weighted by atomic mass is 9.89. The molecular weight excluding hydrogens is 1170 g/mol. The van der Waals surface area contributed by atoms with Crippen molar-refractivity contribution in [2.24, 2.45) is 0 Å². The van der Waals surface area contributed by atoms with Crippen LogP contribution >= 0.6 is 0 Å². The molecule has 9 heterocycles. The second kappa shape index (κ2) is 26.5. The summed E-state index contributed by atoms with van der Waals surface area (Å²) in [7, 11) is -2.67. The number of rotatable bonds is 19. The molecule has 0 saturated carbocycles. The summed E-state index contributed by atoms with van der Waals surface area (Å²) in [4.78, 5) is 28.6. The van der Waals surface area contributed by atoms with E-state index in [1.165, 1.54) is 61.3 Å². The Labute approximate surface area is 522 Å². The highest BCUT2D eigenvalue weighted by Crippen LogP contribution is 2.36. The fourth-order valence-electron chi connectivity index (χ4n) is 14.3. The van der Waals surface area contributed by atoms with Gasteiger partial charge in [-0.1, -0.05) is 42.5 Å². The highest BCUT2D eigenvalue weighted by Gasteiger charge is 2.33. The number of likely N-dealkylation sites (N-methyl/N-ethyl adjacent to an activating group) is 3. The zero-order chi connectivity index (χ0) is 61.3. The topological polar surface area (TPSA) is 197 Å². The van der Waals surface area contributed by atoms with Crippen molar-refractivity contribution >= 4 is 46.6 Å². The van der Waals surface area contributed by atoms with E-state index in [0.29, 0.717) is 71.7 Å². The van der Waals surface area contributed by atoms with Crippen molar-refractivity contribution in [2.75, 3.05) is 129 Å². The van der Waals surface area contributed by atoms with Gasteiger partial charge in [0.1, 0.15) is 0 Å². The van der Waals surface area contributed by atoms with Gasteiger partial charge in [-0.15, -0.1) is 0 Å². The maximum Gasteiger partial charge on any atom is 0.153 e. The van der Waals surface area contributed by atoms with Crippen LogP contribution in [0.1, 0.15) is 83.8 Å². The van der Waals surface area contributed by atoms with Gasteiger partial charge in [-0.25, -0.2) is 25.3 Å². The van der Waals surface area contributed by atoms with E-state index in [2.05, 4.69) is 152 Å². The lowest BCUT2D eigenvalue weighted by molar-refractivity contribution is 0.270. The molecule has 88 heavy (non-hydrogen) atoms. The van der Waals surface area contributed by atoms with Gasteiger partial charge >= 0.3 is 0 Å². The Bertz CT molecular complexity index is 3830. The number of fused-ring (bicyclic) bond motifs is 3. The number of hydrogen-bond acceptors (Lipinski definition) is 18. The van der Waals surface area contributed by atoms with Crippen LogP contribution in [-0.4, -0.2) is 188 Å². The molecule has 6 aliphatic rings. The highest BCUT2D eigenvalue weighted by atomic mass is 32.2. The molecular formula is C67H88N12O6S3. The number of hydrogen-bond donors (Lipinski definition) is 3. The van der Waals surface area contributed by atoms with Crippen LogP contribution in [-0.2, 0) is 101 Å². The van der Waals surface area contributed by atoms with Gasteiger partial charge in [0.05, 0.1) is 51.6 Å². The number of benzene rings is 3. The third-order valence-corrected chi connectivity index (χ3v) is 23.8. The molecule has 3 N–H and O–H groups in total. The van der Waals surface area contributed by atoms with Crippen LogP contribution in [0.2, 0.25) is 0 Å². The van der Waals surface area contributed by atoms with E-state index in [9.17, 15) is 25.3 Å². The summed E-state index contributed by atoms with van der Waals surface area (Å²) in [6.45, 7) is 13.9. The van der Waals surface area contributed by atoms with Gasteiger partial charge in [0.25, 0.3) is 0 Å². The van der Waals surface area contributed by atoms with Gasteiger partial charge in [-0.2, -0.15) is 0 Å². The number of nitrogens with zero attached hydrogens (tertiary/aromatic N) is 9. The molecule has 3 atom stereocenters. The Hall–Kier alpha value is -5.88. The maximum absolute atomic E-state index is 12.9. The summed E-state index contributed by atoms with van der Waals surface area (Å²) >= 11 is 0. The fourth-order valence-corrected chi connectivity index (χ4v) is 17.9. The highest BCUT2D eigenvalue weighted by molar-refractivity contribution is 7.92. The molecule has 21 heteroatoms. The average Bonchev–Trinajstić information content (AvgIpc) is 2.96. The minimum atomic E-state index is -3.11. The van der Waals surface area contributed by atoms with Crippen LogP contribution in [0.25, 0.3) is 0 Å². The van der Waals surface area contributed by atoms with Crippen LogP contribution in [0.5, 0.6) is 0 Å². The van der Waals surface area contributed by atoms with Crippen molar-refractivity contribution in [1.29, 1.82) is 0 Å². The maximum atomic E-state index is 12.9. The molecule has 0 spiro atoms. The van der Waals surface area contributed by atoms with Crippen LogP contribution in [0.3, 0.4) is 0 Å². The molecule has 12 rings (SSSR count). The van der Waals surface area contributed by atoms with E-state index >= 15 is 0 Å². The molecule has 3 aromatic carbocycles. The van der Waals surface area contributed by atoms with E-state index in [0.717, 1.165) is 98.1 Å². The lowest BCUT2D eigenvalue weighted by Crippen LogP contribution is -2.45. The minimum absolute atomic E-state index is 0.143. The number of sulfone groups is 3. The van der Waals surface area contributed by atoms with Gasteiger partial charge in [0.2, 0.25) is 0 Å². The first kappa shape index (κ1) is 62.3. The van der Waals surface area contributed by atoms with Crippen LogP contribution < -0.4 is 30.7 Å². The van der Waals surface area contributed by atoms with E-state index in [1.807, 2.05) is 24.7 Å². The zero-order valence-electron chi connectivity index (χ0n) is 52.0. The first-order valence-corrected chi connectivity index (χ1v) is 37.0. The van der Waals surface area contributed by atoms with Crippen molar-refractivity contribution in [3.05, 3.63) is 175 Å². The van der Waals surface area contributed by atoms with Gasteiger partial charge in [-0.3, -0.25) is 29.7 Å². The number of pyridine rings is 3. The van der Waals surface area contributed by atoms with Gasteiger partial charge in [0.15, 0.2) is 29.5 Å². The monoisotopic (exact) mass is 1250 g/mol. The molecule has 18 nitrogen and oxygen atoms in total. The number of aromatic nitrogens is 3. The molecule has 470 valence electrons. The molecule has 3 aromatic heterocycles. The first-order valence-electron chi connectivity index (χ1n) is 31.5. The summed E-state index contributed by atoms with van der Waals surface area (Å²) in [6.07, 6.45) is 9.71. The largest absolute Gasteiger partial charge is 0.369 e. The molecule has 3 fully saturated rings. The van der Waals surface area contributed by atoms with E-state index in [1.54, 1.807) is 0 Å². The van der Waals surface area contributed by atoms with Gasteiger partial charge in [0, 0.05) is 152 Å². The summed E-state index contributed by atoms with van der Waals surface area (Å²) in [5, 5.41) is 11.5. The minimum Gasteiger partial charge on any atom is -0.369 e. The fraction of sp³-hybridized carbons (Fsp3) is 0.507. The van der Waals surface area contributed by atoms with Crippen molar-refractivity contribution in [2.45, 2.75) is 103 Å². The second-order valence-corrected chi connectivity index (χ2v) is 33.1. The van der Waals surface area contributed by atoms with E-state index < -0.39 is 29.5 Å². The standard InChI is InChI=1S/C67H88N12O6S3/c1-47-11-12-56(69-36-47)41-74(3)42-58-34-61-54(39-71-58)29-49(31-66(61)78-16-22-87(82,83)23-17-78)27-51-9-7-13-68-63(51)45-75(4)44-59-35-62-55(40-72-59)30-50(32-67(62)79-18-24-88(84,85)25-19-79)28-53-26-48(2)37-73-64(53)46-76(5)43-57-33-60-52(38-70-57)8-6-10-65(60)77-14-20-86(80,81)21-15-77/h6-13,26,29-32,36-37,57-59,70-72H,14-25,27-28,33-35,38-46H2,1-5H3/t57-,58-,59-/m1/s1. The Kier molecular flexibility index (Phi) is 18.8. The SMILES string of the molecule is Cc1ccc(CN(C)C[C@H]2Cc3c(cc(Cc4cccnc4CN(C)C[C@H]4Cc5c(cc(Cc6cc(C)cnc6CN(C)C[C@H]6Cc7c(cccc7N7CCS(=O)(=O)CC7)CN6)cc5N5CCS(=O)(=O)CC5)CN4)cc3N3CCS(=O)(=O)CC3)CN2)nc1. The third kappa shape index (κ3) is 15.3. The number of aryl methyl sites for hydroxylation is 2. The van der Waals surface area contributed by atoms with Crippen molar-refractivity contribution < 1.29 is 25.3 Å². The lowest BCUT2D eigenvalue weighted by Gasteiger charge is -2.36. The summed E-state index contributed by atoms with van der Waals surface area (Å²) in [6, 6.07) is 27.1. The third-order valence-electron chi connectivity index (χ3n) is 19.0. The molecule has 0 amide bonds. The van der Waals surface area contributed by atoms with E-state index in [4.69, 9.17) is 9.97 Å². The van der Waals surface area contributed by atoms with Crippen molar-refractivity contribution in [3.63, 3.8) is 0 Å². The number of anilines is 3. The predicted molar refractivity (Wildman–Crippen MR) is 352 cm³/mol. The molecule has 0 bridgehead atoms. The van der Waals surface area contributed by atoms with Crippen molar-refractivity contribution in [1.82, 2.24) is 45.6 Å². The summed E-state index contributed by atoms with van der Waals surface area (Å²) in [5.41, 5.74) is 21.3. The average molecular weight is 1250 g/mol. The predicted octanol–water partition coefficient (Wildman–Crippen LogP) is 4.81. The molecule has 6 aliphatic heterocycles. The Morgan fingerprint density at radius 1 is 0.466 bits per heavy atom.